The Bertz CT molecular complexity index is 138. The monoisotopic (exact) mass is 185 g/mol. The van der Waals surface area contributed by atoms with E-state index in [9.17, 15) is 0 Å². The fourth-order valence-corrected chi connectivity index (χ4v) is 2.18. The van der Waals surface area contributed by atoms with E-state index in [0.29, 0.717) is 0 Å². The molecule has 2 nitrogen and oxygen atoms in total. The van der Waals surface area contributed by atoms with Gasteiger partial charge in [-0.05, 0) is 38.1 Å². The van der Waals surface area contributed by atoms with Gasteiger partial charge >= 0.3 is 0 Å². The normalized spacial score (nSPS) is 31.6. The summed E-state index contributed by atoms with van der Waals surface area (Å²) >= 11 is 0. The molecule has 1 rings (SSSR count). The number of hydrogen-bond donors (Lipinski definition) is 2. The maximum absolute atomic E-state index is 8.85. The highest BCUT2D eigenvalue weighted by molar-refractivity contribution is 4.73. The molecule has 2 N–H and O–H groups in total. The van der Waals surface area contributed by atoms with E-state index in [2.05, 4.69) is 12.2 Å². The number of aliphatic hydroxyl groups is 1. The summed E-state index contributed by atoms with van der Waals surface area (Å²) in [7, 11) is 0. The molecule has 2 unspecified atom stereocenters. The van der Waals surface area contributed by atoms with Gasteiger partial charge in [0.15, 0.2) is 0 Å². The zero-order valence-corrected chi connectivity index (χ0v) is 8.92. The van der Waals surface area contributed by atoms with E-state index in [1.165, 1.54) is 25.7 Å². The van der Waals surface area contributed by atoms with Crippen LogP contribution in [0.25, 0.3) is 0 Å². The maximum Gasteiger partial charge on any atom is 0.0581 e. The number of hydrogen-bond acceptors (Lipinski definition) is 2. The van der Waals surface area contributed by atoms with Gasteiger partial charge in [0.05, 0.1) is 6.61 Å². The Kier molecular flexibility index (Phi) is 4.74. The first-order valence-electron chi connectivity index (χ1n) is 5.56. The summed E-state index contributed by atoms with van der Waals surface area (Å²) in [4.78, 5) is 0. The Morgan fingerprint density at radius 1 is 1.46 bits per heavy atom. The van der Waals surface area contributed by atoms with Gasteiger partial charge in [0, 0.05) is 6.04 Å². The second-order valence-corrected chi connectivity index (χ2v) is 4.63. The van der Waals surface area contributed by atoms with Gasteiger partial charge in [0.2, 0.25) is 0 Å². The lowest BCUT2D eigenvalue weighted by molar-refractivity contribution is 0.226. The average molecular weight is 185 g/mol. The Labute approximate surface area is 81.7 Å². The highest BCUT2D eigenvalue weighted by atomic mass is 16.3. The van der Waals surface area contributed by atoms with Crippen molar-refractivity contribution >= 4 is 0 Å². The molecule has 0 radical (unpaired) electrons. The van der Waals surface area contributed by atoms with Crippen LogP contribution in [-0.2, 0) is 0 Å². The predicted octanol–water partition coefficient (Wildman–Crippen LogP) is 1.78. The Morgan fingerprint density at radius 2 is 2.23 bits per heavy atom. The molecule has 0 saturated heterocycles. The fraction of sp³-hybridized carbons (Fsp3) is 1.00. The van der Waals surface area contributed by atoms with Crippen molar-refractivity contribution in [1.82, 2.24) is 5.32 Å². The molecule has 1 fully saturated rings. The first-order valence-corrected chi connectivity index (χ1v) is 5.56. The van der Waals surface area contributed by atoms with Crippen LogP contribution in [0.3, 0.4) is 0 Å². The average Bonchev–Trinajstić information content (AvgIpc) is 2.14. The molecule has 3 atom stereocenters. The van der Waals surface area contributed by atoms with Crippen LogP contribution in [-0.4, -0.2) is 24.3 Å². The van der Waals surface area contributed by atoms with Crippen LogP contribution in [0.4, 0.5) is 0 Å². The molecule has 0 heterocycles. The first-order chi connectivity index (χ1) is 6.22. The van der Waals surface area contributed by atoms with Crippen molar-refractivity contribution in [2.45, 2.75) is 45.6 Å². The van der Waals surface area contributed by atoms with E-state index >= 15 is 0 Å². The van der Waals surface area contributed by atoms with Gasteiger partial charge in [-0.1, -0.05) is 19.8 Å². The SMILES string of the molecule is CC1CCCC(CN[C@H](C)CO)C1. The third-order valence-corrected chi connectivity index (χ3v) is 3.07. The molecule has 0 spiro atoms. The van der Waals surface area contributed by atoms with E-state index in [-0.39, 0.29) is 12.6 Å². The summed E-state index contributed by atoms with van der Waals surface area (Å²) in [5, 5.41) is 12.2. The van der Waals surface area contributed by atoms with Gasteiger partial charge in [-0.2, -0.15) is 0 Å². The highest BCUT2D eigenvalue weighted by Crippen LogP contribution is 2.27. The minimum absolute atomic E-state index is 0.252. The molecular formula is C11H23NO. The lowest BCUT2D eigenvalue weighted by Gasteiger charge is -2.27. The van der Waals surface area contributed by atoms with Crippen molar-refractivity contribution in [1.29, 1.82) is 0 Å². The molecule has 78 valence electrons. The second kappa shape index (κ2) is 5.61. The molecule has 1 aliphatic carbocycles. The molecule has 0 bridgehead atoms. The molecule has 0 aliphatic heterocycles. The van der Waals surface area contributed by atoms with Crippen molar-refractivity contribution in [3.05, 3.63) is 0 Å². The van der Waals surface area contributed by atoms with Gasteiger partial charge in [-0.15, -0.1) is 0 Å². The highest BCUT2D eigenvalue weighted by Gasteiger charge is 2.18. The van der Waals surface area contributed by atoms with Crippen molar-refractivity contribution < 1.29 is 5.11 Å². The molecule has 0 aromatic heterocycles. The summed E-state index contributed by atoms with van der Waals surface area (Å²) < 4.78 is 0. The van der Waals surface area contributed by atoms with Crippen molar-refractivity contribution in [3.63, 3.8) is 0 Å². The summed E-state index contributed by atoms with van der Waals surface area (Å²) in [6.45, 7) is 5.72. The van der Waals surface area contributed by atoms with Crippen molar-refractivity contribution in [3.8, 4) is 0 Å². The van der Waals surface area contributed by atoms with E-state index < -0.39 is 0 Å². The van der Waals surface area contributed by atoms with Crippen LogP contribution in [0.15, 0.2) is 0 Å². The minimum Gasteiger partial charge on any atom is -0.395 e. The quantitative estimate of drug-likeness (QED) is 0.700. The summed E-state index contributed by atoms with van der Waals surface area (Å²) in [5.41, 5.74) is 0. The lowest BCUT2D eigenvalue weighted by atomic mass is 9.82. The Balaban J connectivity index is 2.13. The zero-order valence-electron chi connectivity index (χ0n) is 8.92. The summed E-state index contributed by atoms with van der Waals surface area (Å²) in [6, 6.07) is 0.261. The minimum atomic E-state index is 0.252. The van der Waals surface area contributed by atoms with E-state index in [4.69, 9.17) is 5.11 Å². The van der Waals surface area contributed by atoms with Gasteiger partial charge in [0.25, 0.3) is 0 Å². The van der Waals surface area contributed by atoms with Crippen LogP contribution in [0.1, 0.15) is 39.5 Å². The summed E-state index contributed by atoms with van der Waals surface area (Å²) in [6.07, 6.45) is 5.54. The van der Waals surface area contributed by atoms with E-state index in [0.717, 1.165) is 18.4 Å². The number of rotatable bonds is 4. The molecule has 0 aromatic rings. The largest absolute Gasteiger partial charge is 0.395 e. The zero-order chi connectivity index (χ0) is 9.68. The van der Waals surface area contributed by atoms with E-state index in [1.54, 1.807) is 0 Å². The number of nitrogens with one attached hydrogen (secondary N) is 1. The topological polar surface area (TPSA) is 32.3 Å². The van der Waals surface area contributed by atoms with Crippen molar-refractivity contribution in [2.24, 2.45) is 11.8 Å². The van der Waals surface area contributed by atoms with Crippen LogP contribution in [0.2, 0.25) is 0 Å². The Hall–Kier alpha value is -0.0800. The lowest BCUT2D eigenvalue weighted by Crippen LogP contribution is -2.35. The Morgan fingerprint density at radius 3 is 2.85 bits per heavy atom. The second-order valence-electron chi connectivity index (χ2n) is 4.63. The van der Waals surface area contributed by atoms with Crippen LogP contribution < -0.4 is 5.32 Å². The first kappa shape index (κ1) is 11.0. The maximum atomic E-state index is 8.85. The molecule has 0 aromatic carbocycles. The van der Waals surface area contributed by atoms with Gasteiger partial charge in [-0.3, -0.25) is 0 Å². The molecular weight excluding hydrogens is 162 g/mol. The number of aliphatic hydroxyl groups excluding tert-OH is 1. The predicted molar refractivity (Wildman–Crippen MR) is 55.7 cm³/mol. The third-order valence-electron chi connectivity index (χ3n) is 3.07. The van der Waals surface area contributed by atoms with E-state index in [1.807, 2.05) is 6.92 Å². The summed E-state index contributed by atoms with van der Waals surface area (Å²) in [5.74, 6) is 1.75. The molecule has 1 saturated carbocycles. The fourth-order valence-electron chi connectivity index (χ4n) is 2.18. The van der Waals surface area contributed by atoms with Gasteiger partial charge in [0.1, 0.15) is 0 Å². The van der Waals surface area contributed by atoms with Crippen LogP contribution in [0, 0.1) is 11.8 Å². The standard InChI is InChI=1S/C11H23NO/c1-9-4-3-5-11(6-9)7-12-10(2)8-13/h9-13H,3-8H2,1-2H3/t9?,10-,11?/m1/s1. The van der Waals surface area contributed by atoms with Crippen molar-refractivity contribution in [2.75, 3.05) is 13.2 Å². The molecule has 13 heavy (non-hydrogen) atoms. The molecule has 2 heteroatoms. The third kappa shape index (κ3) is 4.10. The van der Waals surface area contributed by atoms with Crippen LogP contribution >= 0.6 is 0 Å². The molecule has 1 aliphatic rings. The van der Waals surface area contributed by atoms with Gasteiger partial charge < -0.3 is 10.4 Å². The smallest absolute Gasteiger partial charge is 0.0581 e. The van der Waals surface area contributed by atoms with Gasteiger partial charge in [-0.25, -0.2) is 0 Å². The van der Waals surface area contributed by atoms with Crippen LogP contribution in [0.5, 0.6) is 0 Å². The molecule has 0 amide bonds.